The summed E-state index contributed by atoms with van der Waals surface area (Å²) in [6.45, 7) is 0.860. The molecule has 2 nitrogen and oxygen atoms in total. The lowest BCUT2D eigenvalue weighted by molar-refractivity contribution is 0.625. The van der Waals surface area contributed by atoms with Crippen LogP contribution >= 0.6 is 0 Å². The van der Waals surface area contributed by atoms with Gasteiger partial charge in [-0.25, -0.2) is 8.78 Å². The van der Waals surface area contributed by atoms with Crippen LogP contribution in [0.15, 0.2) is 58.5 Å². The second-order valence-electron chi connectivity index (χ2n) is 4.11. The lowest BCUT2D eigenvalue weighted by Gasteiger charge is -1.95. The largest absolute Gasteiger partial charge is 0.291 e. The molecule has 0 fully saturated rings. The van der Waals surface area contributed by atoms with Gasteiger partial charge in [-0.05, 0) is 12.1 Å². The molecule has 4 heteroatoms. The number of rotatable bonds is 5. The van der Waals surface area contributed by atoms with Gasteiger partial charge in [-0.2, -0.15) is 0 Å². The van der Waals surface area contributed by atoms with Crippen molar-refractivity contribution in [1.29, 1.82) is 0 Å². The zero-order chi connectivity index (χ0) is 14.2. The van der Waals surface area contributed by atoms with Gasteiger partial charge in [0.15, 0.2) is 0 Å². The molecule has 0 aliphatic rings. The van der Waals surface area contributed by atoms with Gasteiger partial charge >= 0.3 is 0 Å². The van der Waals surface area contributed by atoms with Crippen molar-refractivity contribution in [3.8, 4) is 0 Å². The Kier molecular flexibility index (Phi) is 5.12. The Labute approximate surface area is 116 Å². The van der Waals surface area contributed by atoms with Crippen molar-refractivity contribution in [3.63, 3.8) is 0 Å². The minimum absolute atomic E-state index is 0.300. The molecule has 102 valence electrons. The molecule has 0 spiro atoms. The minimum atomic E-state index is -0.300. The van der Waals surface area contributed by atoms with Gasteiger partial charge in [0.05, 0.1) is 13.1 Å². The van der Waals surface area contributed by atoms with Crippen LogP contribution in [-0.2, 0) is 0 Å². The van der Waals surface area contributed by atoms with Crippen LogP contribution in [-0.4, -0.2) is 25.5 Å². The van der Waals surface area contributed by atoms with Crippen molar-refractivity contribution < 1.29 is 8.78 Å². The summed E-state index contributed by atoms with van der Waals surface area (Å²) in [5.41, 5.74) is 0.899. The van der Waals surface area contributed by atoms with E-state index in [4.69, 9.17) is 0 Å². The van der Waals surface area contributed by atoms with Crippen LogP contribution in [0.1, 0.15) is 11.1 Å². The monoisotopic (exact) mass is 272 g/mol. The third kappa shape index (κ3) is 4.09. The average molecular weight is 272 g/mol. The SMILES string of the molecule is Fc1ccccc1/C=N/CC/N=C/c1ccccc1F. The Hall–Kier alpha value is -2.36. The van der Waals surface area contributed by atoms with E-state index in [1.54, 1.807) is 36.4 Å². The Morgan fingerprint density at radius 2 is 1.10 bits per heavy atom. The molecule has 0 N–H and O–H groups in total. The van der Waals surface area contributed by atoms with Crippen LogP contribution in [0.4, 0.5) is 8.78 Å². The van der Waals surface area contributed by atoms with Gasteiger partial charge < -0.3 is 0 Å². The van der Waals surface area contributed by atoms with Gasteiger partial charge in [0.2, 0.25) is 0 Å². The predicted octanol–water partition coefficient (Wildman–Crippen LogP) is 3.50. The molecule has 0 aromatic heterocycles. The fourth-order valence-electron chi connectivity index (χ4n) is 1.60. The first-order valence-corrected chi connectivity index (χ1v) is 6.26. The predicted molar refractivity (Wildman–Crippen MR) is 77.7 cm³/mol. The zero-order valence-corrected chi connectivity index (χ0v) is 10.8. The first kappa shape index (κ1) is 14.1. The highest BCUT2D eigenvalue weighted by atomic mass is 19.1. The van der Waals surface area contributed by atoms with E-state index in [1.807, 2.05) is 0 Å². The molecular formula is C16H14F2N2. The summed E-state index contributed by atoms with van der Waals surface area (Å²) >= 11 is 0. The fourth-order valence-corrected chi connectivity index (χ4v) is 1.60. The topological polar surface area (TPSA) is 24.7 Å². The molecule has 0 radical (unpaired) electrons. The van der Waals surface area contributed by atoms with Crippen molar-refractivity contribution in [2.24, 2.45) is 9.98 Å². The average Bonchev–Trinajstić information content (AvgIpc) is 2.46. The number of halogens is 2. The van der Waals surface area contributed by atoms with E-state index in [0.29, 0.717) is 24.2 Å². The Morgan fingerprint density at radius 1 is 0.700 bits per heavy atom. The van der Waals surface area contributed by atoms with Crippen molar-refractivity contribution in [3.05, 3.63) is 71.3 Å². The number of aliphatic imine (C=N–C) groups is 2. The summed E-state index contributed by atoms with van der Waals surface area (Å²) in [5.74, 6) is -0.600. The maximum absolute atomic E-state index is 13.3. The lowest BCUT2D eigenvalue weighted by Crippen LogP contribution is -1.93. The molecule has 0 saturated carbocycles. The second kappa shape index (κ2) is 7.28. The second-order valence-corrected chi connectivity index (χ2v) is 4.11. The highest BCUT2D eigenvalue weighted by Crippen LogP contribution is 2.03. The van der Waals surface area contributed by atoms with Gasteiger partial charge in [-0.1, -0.05) is 36.4 Å². The van der Waals surface area contributed by atoms with E-state index < -0.39 is 0 Å². The standard InChI is InChI=1S/C16H14F2N2/c17-15-7-3-1-5-13(15)11-19-9-10-20-12-14-6-2-4-8-16(14)18/h1-8,11-12H,9-10H2/b19-11+,20-12+. The molecule has 0 unspecified atom stereocenters. The molecule has 0 atom stereocenters. The summed E-state index contributed by atoms with van der Waals surface area (Å²) in [6.07, 6.45) is 2.96. The maximum Gasteiger partial charge on any atom is 0.131 e. The molecule has 0 bridgehead atoms. The van der Waals surface area contributed by atoms with Crippen LogP contribution in [0.25, 0.3) is 0 Å². The number of nitrogens with zero attached hydrogens (tertiary/aromatic N) is 2. The Morgan fingerprint density at radius 3 is 1.50 bits per heavy atom. The maximum atomic E-state index is 13.3. The van der Waals surface area contributed by atoms with E-state index in [-0.39, 0.29) is 11.6 Å². The van der Waals surface area contributed by atoms with Gasteiger partial charge in [0.25, 0.3) is 0 Å². The van der Waals surface area contributed by atoms with E-state index in [9.17, 15) is 8.78 Å². The zero-order valence-electron chi connectivity index (χ0n) is 10.8. The van der Waals surface area contributed by atoms with E-state index in [0.717, 1.165) is 0 Å². The first-order chi connectivity index (χ1) is 9.77. The Balaban J connectivity index is 1.82. The highest BCUT2D eigenvalue weighted by Gasteiger charge is 1.96. The quantitative estimate of drug-likeness (QED) is 0.588. The van der Waals surface area contributed by atoms with Crippen molar-refractivity contribution in [2.45, 2.75) is 0 Å². The summed E-state index contributed by atoms with van der Waals surface area (Å²) in [6, 6.07) is 12.8. The van der Waals surface area contributed by atoms with E-state index in [2.05, 4.69) is 9.98 Å². The number of hydrogen-bond acceptors (Lipinski definition) is 2. The van der Waals surface area contributed by atoms with Crippen LogP contribution in [0.5, 0.6) is 0 Å². The molecule has 2 aromatic carbocycles. The summed E-state index contributed by atoms with van der Waals surface area (Å²) in [5, 5.41) is 0. The van der Waals surface area contributed by atoms with Crippen LogP contribution in [0, 0.1) is 11.6 Å². The van der Waals surface area contributed by atoms with Gasteiger partial charge in [0, 0.05) is 23.6 Å². The summed E-state index contributed by atoms with van der Waals surface area (Å²) < 4.78 is 26.5. The van der Waals surface area contributed by atoms with Gasteiger partial charge in [0.1, 0.15) is 11.6 Å². The molecule has 0 saturated heterocycles. The lowest BCUT2D eigenvalue weighted by atomic mass is 10.2. The molecule has 0 heterocycles. The van der Waals surface area contributed by atoms with Crippen molar-refractivity contribution in [1.82, 2.24) is 0 Å². The third-order valence-corrected chi connectivity index (χ3v) is 2.63. The molecule has 20 heavy (non-hydrogen) atoms. The van der Waals surface area contributed by atoms with Gasteiger partial charge in [-0.3, -0.25) is 9.98 Å². The van der Waals surface area contributed by atoms with Gasteiger partial charge in [-0.15, -0.1) is 0 Å². The Bertz CT molecular complexity index is 566. The van der Waals surface area contributed by atoms with Crippen LogP contribution < -0.4 is 0 Å². The van der Waals surface area contributed by atoms with Crippen LogP contribution in [0.2, 0.25) is 0 Å². The first-order valence-electron chi connectivity index (χ1n) is 6.26. The number of benzene rings is 2. The molecule has 0 aliphatic heterocycles. The van der Waals surface area contributed by atoms with Crippen LogP contribution in [0.3, 0.4) is 0 Å². The third-order valence-electron chi connectivity index (χ3n) is 2.63. The molecule has 2 aromatic rings. The minimum Gasteiger partial charge on any atom is -0.291 e. The van der Waals surface area contributed by atoms with E-state index >= 15 is 0 Å². The highest BCUT2D eigenvalue weighted by molar-refractivity contribution is 5.80. The van der Waals surface area contributed by atoms with Crippen molar-refractivity contribution in [2.75, 3.05) is 13.1 Å². The summed E-state index contributed by atoms with van der Waals surface area (Å²) in [7, 11) is 0. The fraction of sp³-hybridized carbons (Fsp3) is 0.125. The molecule has 0 amide bonds. The number of hydrogen-bond donors (Lipinski definition) is 0. The molecular weight excluding hydrogens is 258 g/mol. The van der Waals surface area contributed by atoms with Crippen molar-refractivity contribution >= 4 is 12.4 Å². The normalized spacial score (nSPS) is 11.5. The molecule has 2 rings (SSSR count). The summed E-state index contributed by atoms with van der Waals surface area (Å²) in [4.78, 5) is 8.17. The smallest absolute Gasteiger partial charge is 0.131 e. The molecule has 0 aliphatic carbocycles. The van der Waals surface area contributed by atoms with E-state index in [1.165, 1.54) is 24.6 Å².